The number of hydrogen-bond donors (Lipinski definition) is 2. The van der Waals surface area contributed by atoms with Gasteiger partial charge in [0.25, 0.3) is 0 Å². The van der Waals surface area contributed by atoms with E-state index < -0.39 is 23.6 Å². The highest BCUT2D eigenvalue weighted by atomic mass is 32.2. The molecule has 212 valence electrons. The minimum atomic E-state index is -1.18. The zero-order valence-electron chi connectivity index (χ0n) is 22.6. The fourth-order valence-corrected chi connectivity index (χ4v) is 6.25. The maximum Gasteiger partial charge on any atom is 0.172 e. The van der Waals surface area contributed by atoms with Gasteiger partial charge in [0.1, 0.15) is 11.6 Å². The number of thioether (sulfide) groups is 1. The molecule has 2 N–H and O–H groups in total. The van der Waals surface area contributed by atoms with Crippen molar-refractivity contribution in [2.45, 2.75) is 36.7 Å². The van der Waals surface area contributed by atoms with E-state index in [0.29, 0.717) is 37.0 Å². The van der Waals surface area contributed by atoms with Crippen molar-refractivity contribution < 1.29 is 28.1 Å². The largest absolute Gasteiger partial charge is 0.497 e. The molecule has 0 radical (unpaired) electrons. The number of methoxy groups -OCH3 is 1. The summed E-state index contributed by atoms with van der Waals surface area (Å²) in [6, 6.07) is 7.19. The normalized spacial score (nSPS) is 16.4. The van der Waals surface area contributed by atoms with Crippen LogP contribution in [0.25, 0.3) is 10.9 Å². The van der Waals surface area contributed by atoms with Gasteiger partial charge in [0.2, 0.25) is 0 Å². The second-order valence-corrected chi connectivity index (χ2v) is 11.6. The fourth-order valence-electron chi connectivity index (χ4n) is 5.26. The van der Waals surface area contributed by atoms with Crippen molar-refractivity contribution in [1.82, 2.24) is 9.88 Å². The summed E-state index contributed by atoms with van der Waals surface area (Å²) in [6.07, 6.45) is 3.68. The lowest BCUT2D eigenvalue weighted by Crippen LogP contribution is -2.43. The number of anilines is 1. The van der Waals surface area contributed by atoms with Gasteiger partial charge < -0.3 is 24.7 Å². The molecule has 0 amide bonds. The van der Waals surface area contributed by atoms with Gasteiger partial charge in [-0.2, -0.15) is 0 Å². The lowest BCUT2D eigenvalue weighted by atomic mass is 9.74. The molecule has 10 heteroatoms. The highest BCUT2D eigenvalue weighted by Crippen LogP contribution is 2.41. The van der Waals surface area contributed by atoms with Crippen LogP contribution in [0.1, 0.15) is 37.4 Å². The molecular weight excluding hydrogens is 527 g/mol. The number of pyridine rings is 1. The third kappa shape index (κ3) is 6.80. The molecule has 2 heterocycles. The van der Waals surface area contributed by atoms with E-state index in [0.717, 1.165) is 65.9 Å². The van der Waals surface area contributed by atoms with Crippen LogP contribution in [0.15, 0.2) is 41.4 Å². The number of aliphatic hydroxyl groups is 2. The molecule has 3 aromatic rings. The molecule has 1 saturated heterocycles. The number of aromatic nitrogens is 1. The van der Waals surface area contributed by atoms with Gasteiger partial charge in [0.05, 0.1) is 30.6 Å². The Morgan fingerprint density at radius 1 is 1.15 bits per heavy atom. The molecule has 0 saturated carbocycles. The molecule has 1 fully saturated rings. The zero-order chi connectivity index (χ0) is 28.2. The van der Waals surface area contributed by atoms with Gasteiger partial charge in [0, 0.05) is 54.9 Å². The number of piperidine rings is 1. The maximum atomic E-state index is 13.9. The first-order chi connectivity index (χ1) is 18.7. The van der Waals surface area contributed by atoms with Crippen molar-refractivity contribution in [1.29, 1.82) is 0 Å². The van der Waals surface area contributed by atoms with E-state index in [4.69, 9.17) is 4.74 Å². The Kier molecular flexibility index (Phi) is 9.64. The van der Waals surface area contributed by atoms with E-state index in [1.54, 1.807) is 13.3 Å². The first-order valence-corrected chi connectivity index (χ1v) is 14.1. The van der Waals surface area contributed by atoms with Crippen molar-refractivity contribution >= 4 is 28.4 Å². The minimum absolute atomic E-state index is 0.0263. The van der Waals surface area contributed by atoms with Gasteiger partial charge in [-0.05, 0) is 68.5 Å². The Morgan fingerprint density at radius 3 is 2.56 bits per heavy atom. The van der Waals surface area contributed by atoms with Gasteiger partial charge in [-0.3, -0.25) is 4.98 Å². The van der Waals surface area contributed by atoms with E-state index in [-0.39, 0.29) is 16.9 Å². The maximum absolute atomic E-state index is 13.9. The SMILES string of the molecule is COc1ccc2ncc(N(C)C)c([C@H](O)CCC3(CO)CCN(CCSc4cc(F)cc(F)c4F)CC3)c2c1. The summed E-state index contributed by atoms with van der Waals surface area (Å²) in [5.41, 5.74) is 2.11. The molecule has 1 aliphatic heterocycles. The average molecular weight is 564 g/mol. The topological polar surface area (TPSA) is 69.1 Å². The molecule has 2 aromatic carbocycles. The minimum Gasteiger partial charge on any atom is -0.497 e. The zero-order valence-corrected chi connectivity index (χ0v) is 23.4. The van der Waals surface area contributed by atoms with Crippen LogP contribution in [-0.2, 0) is 0 Å². The molecule has 1 aromatic heterocycles. The molecule has 0 bridgehead atoms. The highest BCUT2D eigenvalue weighted by molar-refractivity contribution is 7.99. The summed E-state index contributed by atoms with van der Waals surface area (Å²) in [4.78, 5) is 8.68. The third-order valence-electron chi connectivity index (χ3n) is 7.74. The van der Waals surface area contributed by atoms with E-state index in [2.05, 4.69) is 9.88 Å². The van der Waals surface area contributed by atoms with Crippen molar-refractivity contribution in [2.75, 3.05) is 58.1 Å². The average Bonchev–Trinajstić information content (AvgIpc) is 2.94. The molecule has 1 aliphatic rings. The number of aliphatic hydroxyl groups excluding tert-OH is 2. The first-order valence-electron chi connectivity index (χ1n) is 13.1. The van der Waals surface area contributed by atoms with Crippen molar-refractivity contribution in [3.63, 3.8) is 0 Å². The fraction of sp³-hybridized carbons (Fsp3) is 0.483. The smallest absolute Gasteiger partial charge is 0.172 e. The van der Waals surface area contributed by atoms with Crippen molar-refractivity contribution in [3.05, 3.63) is 59.5 Å². The van der Waals surface area contributed by atoms with Gasteiger partial charge >= 0.3 is 0 Å². The Labute approximate surface area is 231 Å². The van der Waals surface area contributed by atoms with Crippen LogP contribution in [0.2, 0.25) is 0 Å². The van der Waals surface area contributed by atoms with E-state index in [1.807, 2.05) is 37.2 Å². The predicted molar refractivity (Wildman–Crippen MR) is 149 cm³/mol. The quantitative estimate of drug-likeness (QED) is 0.239. The number of halogens is 3. The van der Waals surface area contributed by atoms with Crippen molar-refractivity contribution in [3.8, 4) is 5.75 Å². The number of ether oxygens (including phenoxy) is 1. The molecule has 39 heavy (non-hydrogen) atoms. The number of rotatable bonds is 11. The number of likely N-dealkylation sites (tertiary alicyclic amines) is 1. The van der Waals surface area contributed by atoms with Gasteiger partial charge in [-0.15, -0.1) is 11.8 Å². The standard InChI is InChI=1S/C29H36F3N3O3S/c1-34(2)24-17-33-23-5-4-20(38-3)16-21(23)27(24)25(37)6-7-29(18-36)8-10-35(11-9-29)12-13-39-26-15-19(30)14-22(31)28(26)32/h4-5,14-17,25,36-37H,6-13,18H2,1-3H3/t25-/m1/s1. The van der Waals surface area contributed by atoms with Crippen molar-refractivity contribution in [2.24, 2.45) is 5.41 Å². The van der Waals surface area contributed by atoms with Gasteiger partial charge in [0.15, 0.2) is 11.6 Å². The second kappa shape index (κ2) is 12.8. The Bertz CT molecular complexity index is 1290. The summed E-state index contributed by atoms with van der Waals surface area (Å²) in [6.45, 7) is 2.16. The highest BCUT2D eigenvalue weighted by Gasteiger charge is 2.35. The molecular formula is C29H36F3N3O3S. The Hall–Kier alpha value is -2.53. The third-order valence-corrected chi connectivity index (χ3v) is 8.73. The van der Waals surface area contributed by atoms with Crippen LogP contribution in [-0.4, -0.2) is 73.3 Å². The lowest BCUT2D eigenvalue weighted by Gasteiger charge is -2.41. The van der Waals surface area contributed by atoms with Crippen LogP contribution in [0.3, 0.4) is 0 Å². The second-order valence-electron chi connectivity index (χ2n) is 10.4. The molecule has 4 rings (SSSR count). The molecule has 6 nitrogen and oxygen atoms in total. The number of nitrogens with zero attached hydrogens (tertiary/aromatic N) is 3. The summed E-state index contributed by atoms with van der Waals surface area (Å²) < 4.78 is 46.2. The summed E-state index contributed by atoms with van der Waals surface area (Å²) in [7, 11) is 5.44. The molecule has 0 aliphatic carbocycles. The van der Waals surface area contributed by atoms with Gasteiger partial charge in [-0.25, -0.2) is 13.2 Å². The summed E-state index contributed by atoms with van der Waals surface area (Å²) >= 11 is 1.10. The summed E-state index contributed by atoms with van der Waals surface area (Å²) in [5, 5.41) is 22.6. The first kappa shape index (κ1) is 29.5. The van der Waals surface area contributed by atoms with Crippen LogP contribution in [0.4, 0.5) is 18.9 Å². The van der Waals surface area contributed by atoms with Crippen LogP contribution in [0, 0.1) is 22.9 Å². The lowest BCUT2D eigenvalue weighted by molar-refractivity contribution is 0.0255. The number of hydrogen-bond acceptors (Lipinski definition) is 7. The molecule has 0 unspecified atom stereocenters. The van der Waals surface area contributed by atoms with Crippen LogP contribution < -0.4 is 9.64 Å². The van der Waals surface area contributed by atoms with E-state index in [1.165, 1.54) is 0 Å². The molecule has 0 spiro atoms. The predicted octanol–water partition coefficient (Wildman–Crippen LogP) is 5.41. The monoisotopic (exact) mass is 563 g/mol. The summed E-state index contributed by atoms with van der Waals surface area (Å²) in [5.74, 6) is -1.80. The number of benzene rings is 2. The Balaban J connectivity index is 1.38. The number of fused-ring (bicyclic) bond motifs is 1. The van der Waals surface area contributed by atoms with Crippen LogP contribution >= 0.6 is 11.8 Å². The van der Waals surface area contributed by atoms with Crippen LogP contribution in [0.5, 0.6) is 5.75 Å². The Morgan fingerprint density at radius 2 is 1.90 bits per heavy atom. The van der Waals surface area contributed by atoms with E-state index >= 15 is 0 Å². The van der Waals surface area contributed by atoms with Gasteiger partial charge in [-0.1, -0.05) is 0 Å². The van der Waals surface area contributed by atoms with E-state index in [9.17, 15) is 23.4 Å². The molecule has 1 atom stereocenters.